The summed E-state index contributed by atoms with van der Waals surface area (Å²) in [6.45, 7) is 3.51. The minimum Gasteiger partial charge on any atom is -0.462 e. The number of ether oxygens (including phenoxy) is 2. The van der Waals surface area contributed by atoms with Crippen molar-refractivity contribution in [3.63, 3.8) is 0 Å². The molecule has 0 aliphatic rings. The Kier molecular flexibility index (Phi) is 35.5. The summed E-state index contributed by atoms with van der Waals surface area (Å²) in [5, 5.41) is 0. The summed E-state index contributed by atoms with van der Waals surface area (Å²) in [4.78, 5) is 42.7. The SMILES string of the molecule is CCCCC/C=C/C/C=C/C/C=C/C/C=C/C/C=C/CCC(=O)OC[C@H](COP(=O)(O)O)OC(=O)CCCC/C=C/C/C=C/C/C=C/CCCCC. The molecule has 294 valence electrons. The molecule has 0 saturated heterocycles. The Morgan fingerprint density at radius 1 is 0.500 bits per heavy atom. The van der Waals surface area contributed by atoms with Crippen LogP contribution in [0.15, 0.2) is 97.2 Å². The first-order chi connectivity index (χ1) is 25.3. The number of phosphoric acid groups is 1. The van der Waals surface area contributed by atoms with Crippen LogP contribution in [0.4, 0.5) is 0 Å². The zero-order chi connectivity index (χ0) is 38.2. The highest BCUT2D eigenvalue weighted by Gasteiger charge is 2.22. The molecule has 0 aromatic carbocycles. The van der Waals surface area contributed by atoms with Gasteiger partial charge in [-0.15, -0.1) is 0 Å². The fourth-order valence-corrected chi connectivity index (χ4v) is 5.01. The maximum absolute atomic E-state index is 12.3. The fourth-order valence-electron chi connectivity index (χ4n) is 4.65. The van der Waals surface area contributed by atoms with Crippen LogP contribution in [0.3, 0.4) is 0 Å². The molecule has 0 aromatic rings. The van der Waals surface area contributed by atoms with Crippen LogP contribution in [0.2, 0.25) is 0 Å². The smallest absolute Gasteiger partial charge is 0.462 e. The van der Waals surface area contributed by atoms with E-state index in [1.807, 2.05) is 12.2 Å². The molecule has 0 rings (SSSR count). The van der Waals surface area contributed by atoms with Crippen LogP contribution in [0.5, 0.6) is 0 Å². The van der Waals surface area contributed by atoms with Crippen LogP contribution < -0.4 is 0 Å². The second kappa shape index (κ2) is 37.7. The third kappa shape index (κ3) is 39.8. The highest BCUT2D eigenvalue weighted by molar-refractivity contribution is 7.46. The number of allylic oxidation sites excluding steroid dienone is 16. The van der Waals surface area contributed by atoms with Crippen molar-refractivity contribution in [2.75, 3.05) is 13.2 Å². The number of phosphoric ester groups is 1. The summed E-state index contributed by atoms with van der Waals surface area (Å²) in [7, 11) is -4.78. The summed E-state index contributed by atoms with van der Waals surface area (Å²) in [6, 6.07) is 0. The van der Waals surface area contributed by atoms with Crippen LogP contribution >= 0.6 is 7.82 Å². The van der Waals surface area contributed by atoms with Crippen molar-refractivity contribution in [3.8, 4) is 0 Å². The molecule has 0 spiro atoms. The average Bonchev–Trinajstić information content (AvgIpc) is 3.11. The van der Waals surface area contributed by atoms with Crippen molar-refractivity contribution in [1.82, 2.24) is 0 Å². The molecule has 52 heavy (non-hydrogen) atoms. The molecule has 9 heteroatoms. The molecule has 1 atom stereocenters. The third-order valence-electron chi connectivity index (χ3n) is 7.59. The maximum Gasteiger partial charge on any atom is 0.469 e. The number of carbonyl (C=O) groups is 2. The minimum absolute atomic E-state index is 0.130. The van der Waals surface area contributed by atoms with E-state index in [1.54, 1.807) is 0 Å². The van der Waals surface area contributed by atoms with Gasteiger partial charge in [0.05, 0.1) is 6.61 Å². The van der Waals surface area contributed by atoms with E-state index < -0.39 is 32.5 Å². The van der Waals surface area contributed by atoms with Gasteiger partial charge < -0.3 is 19.3 Å². The van der Waals surface area contributed by atoms with Crippen molar-refractivity contribution in [2.45, 2.75) is 148 Å². The standard InChI is InChI=1S/C43H69O8P/c1-3-5-7-9-11-13-15-17-19-20-21-22-24-25-27-29-31-33-35-37-42(44)49-39-41(40-50-52(46,47)48)51-43(45)38-36-34-32-30-28-26-23-18-16-14-12-10-8-6-4-2/h11-14,17-19,21-23,25,27-28,30-31,33,41H,3-10,15-16,20,24,26,29,32,34-40H2,1-2H3,(H2,46,47,48)/b13-11+,14-12+,19-17+,22-21+,23-18+,27-25+,30-28+,33-31+/t41-/m1/s1. The van der Waals surface area contributed by atoms with E-state index in [4.69, 9.17) is 19.3 Å². The van der Waals surface area contributed by atoms with Crippen LogP contribution in [-0.2, 0) is 28.2 Å². The van der Waals surface area contributed by atoms with Crippen molar-refractivity contribution in [2.24, 2.45) is 0 Å². The Bertz CT molecular complexity index is 1160. The number of rotatable bonds is 34. The molecule has 0 aliphatic carbocycles. The van der Waals surface area contributed by atoms with E-state index >= 15 is 0 Å². The Labute approximate surface area is 315 Å². The van der Waals surface area contributed by atoms with E-state index in [0.717, 1.165) is 57.8 Å². The van der Waals surface area contributed by atoms with E-state index in [-0.39, 0.29) is 19.4 Å². The number of hydrogen-bond donors (Lipinski definition) is 2. The largest absolute Gasteiger partial charge is 0.469 e. The number of carbonyl (C=O) groups excluding carboxylic acids is 2. The van der Waals surface area contributed by atoms with Crippen LogP contribution in [0, 0.1) is 0 Å². The lowest BCUT2D eigenvalue weighted by Gasteiger charge is -2.18. The molecular formula is C43H69O8P. The van der Waals surface area contributed by atoms with Crippen LogP contribution in [0.1, 0.15) is 142 Å². The summed E-state index contributed by atoms with van der Waals surface area (Å²) in [6.07, 6.45) is 51.4. The number of unbranched alkanes of at least 4 members (excludes halogenated alkanes) is 8. The second-order valence-corrected chi connectivity index (χ2v) is 13.8. The lowest BCUT2D eigenvalue weighted by Crippen LogP contribution is -2.29. The minimum atomic E-state index is -4.78. The first-order valence-electron chi connectivity index (χ1n) is 19.5. The molecule has 0 saturated carbocycles. The first kappa shape index (κ1) is 49.0. The molecule has 0 amide bonds. The molecule has 0 radical (unpaired) electrons. The molecule has 8 nitrogen and oxygen atoms in total. The third-order valence-corrected chi connectivity index (χ3v) is 8.07. The summed E-state index contributed by atoms with van der Waals surface area (Å²) < 4.78 is 26.2. The maximum atomic E-state index is 12.3. The second-order valence-electron chi connectivity index (χ2n) is 12.5. The molecule has 0 unspecified atom stereocenters. The van der Waals surface area contributed by atoms with Crippen molar-refractivity contribution >= 4 is 19.8 Å². The lowest BCUT2D eigenvalue weighted by atomic mass is 10.1. The normalized spacial score (nSPS) is 13.5. The van der Waals surface area contributed by atoms with Gasteiger partial charge in [-0.1, -0.05) is 137 Å². The van der Waals surface area contributed by atoms with Crippen LogP contribution in [-0.4, -0.2) is 41.0 Å². The van der Waals surface area contributed by atoms with Gasteiger partial charge in [-0.25, -0.2) is 4.57 Å². The molecule has 0 heterocycles. The summed E-state index contributed by atoms with van der Waals surface area (Å²) in [5.74, 6) is -1.04. The number of hydrogen-bond acceptors (Lipinski definition) is 6. The van der Waals surface area contributed by atoms with Crippen molar-refractivity contribution < 1.29 is 37.9 Å². The van der Waals surface area contributed by atoms with Crippen molar-refractivity contribution in [3.05, 3.63) is 97.2 Å². The van der Waals surface area contributed by atoms with Gasteiger partial charge >= 0.3 is 19.8 Å². The summed E-state index contributed by atoms with van der Waals surface area (Å²) >= 11 is 0. The van der Waals surface area contributed by atoms with Gasteiger partial charge in [0.15, 0.2) is 6.10 Å². The zero-order valence-corrected chi connectivity index (χ0v) is 33.1. The highest BCUT2D eigenvalue weighted by atomic mass is 31.2. The molecule has 0 aliphatic heterocycles. The van der Waals surface area contributed by atoms with Crippen molar-refractivity contribution in [1.29, 1.82) is 0 Å². The number of esters is 2. The van der Waals surface area contributed by atoms with Gasteiger partial charge in [0, 0.05) is 12.8 Å². The molecule has 0 aromatic heterocycles. The van der Waals surface area contributed by atoms with Gasteiger partial charge in [0.25, 0.3) is 0 Å². The topological polar surface area (TPSA) is 119 Å². The predicted molar refractivity (Wildman–Crippen MR) is 216 cm³/mol. The first-order valence-corrected chi connectivity index (χ1v) is 21.1. The van der Waals surface area contributed by atoms with Crippen LogP contribution in [0.25, 0.3) is 0 Å². The Morgan fingerprint density at radius 3 is 1.29 bits per heavy atom. The summed E-state index contributed by atoms with van der Waals surface area (Å²) in [5.41, 5.74) is 0. The molecule has 0 fully saturated rings. The monoisotopic (exact) mass is 744 g/mol. The van der Waals surface area contributed by atoms with E-state index in [2.05, 4.69) is 103 Å². The van der Waals surface area contributed by atoms with Gasteiger partial charge in [-0.2, -0.15) is 0 Å². The fraction of sp³-hybridized carbons (Fsp3) is 0.581. The van der Waals surface area contributed by atoms with Gasteiger partial charge in [0.1, 0.15) is 6.61 Å². The highest BCUT2D eigenvalue weighted by Crippen LogP contribution is 2.35. The lowest BCUT2D eigenvalue weighted by molar-refractivity contribution is -0.161. The molecule has 0 bridgehead atoms. The van der Waals surface area contributed by atoms with Gasteiger partial charge in [0.2, 0.25) is 0 Å². The Balaban J connectivity index is 4.18. The van der Waals surface area contributed by atoms with Gasteiger partial charge in [-0.3, -0.25) is 14.1 Å². The quantitative estimate of drug-likeness (QED) is 0.0289. The van der Waals surface area contributed by atoms with Gasteiger partial charge in [-0.05, 0) is 89.9 Å². The van der Waals surface area contributed by atoms with E-state index in [1.165, 1.54) is 44.9 Å². The predicted octanol–water partition coefficient (Wildman–Crippen LogP) is 11.8. The van der Waals surface area contributed by atoms with E-state index in [0.29, 0.717) is 12.8 Å². The molecular weight excluding hydrogens is 675 g/mol. The van der Waals surface area contributed by atoms with E-state index in [9.17, 15) is 14.2 Å². The Morgan fingerprint density at radius 2 is 0.885 bits per heavy atom. The zero-order valence-electron chi connectivity index (χ0n) is 32.2. The Hall–Kier alpha value is -3.03. The molecule has 2 N–H and O–H groups in total. The average molecular weight is 745 g/mol.